The number of carbonyl (C=O) groups excluding carboxylic acids is 1. The fourth-order valence-electron chi connectivity index (χ4n) is 4.85. The maximum Gasteiger partial charge on any atom is 0.244 e. The second-order valence-electron chi connectivity index (χ2n) is 8.04. The minimum Gasteiger partial charge on any atom is -0.356 e. The second kappa shape index (κ2) is 7.51. The Kier molecular flexibility index (Phi) is 4.69. The monoisotopic (exact) mass is 406 g/mol. The molecule has 0 aliphatic carbocycles. The summed E-state index contributed by atoms with van der Waals surface area (Å²) in [5.41, 5.74) is 0.844. The number of hydrogen-bond donors (Lipinski definition) is 0. The van der Waals surface area contributed by atoms with Crippen molar-refractivity contribution in [1.29, 1.82) is 0 Å². The van der Waals surface area contributed by atoms with Gasteiger partial charge >= 0.3 is 0 Å². The highest BCUT2D eigenvalue weighted by atomic mass is 19.1. The average Bonchev–Trinajstić information content (AvgIpc) is 3.43. The van der Waals surface area contributed by atoms with E-state index in [0.29, 0.717) is 12.5 Å². The molecule has 3 atom stereocenters. The van der Waals surface area contributed by atoms with Crippen LogP contribution in [0.3, 0.4) is 0 Å². The van der Waals surface area contributed by atoms with E-state index in [2.05, 4.69) is 20.0 Å². The van der Waals surface area contributed by atoms with Crippen molar-refractivity contribution in [2.45, 2.75) is 19.5 Å². The third-order valence-electron chi connectivity index (χ3n) is 6.12. The number of fused-ring (bicyclic) bond motifs is 1. The van der Waals surface area contributed by atoms with Crippen LogP contribution < -0.4 is 4.90 Å². The first-order valence-corrected chi connectivity index (χ1v) is 10.2. The number of benzene rings is 1. The Bertz CT molecular complexity index is 1060. The largest absolute Gasteiger partial charge is 0.356 e. The van der Waals surface area contributed by atoms with Crippen LogP contribution in [0, 0.1) is 24.6 Å². The Morgan fingerprint density at radius 2 is 2.07 bits per heavy atom. The maximum absolute atomic E-state index is 14.0. The summed E-state index contributed by atoms with van der Waals surface area (Å²) >= 11 is 0. The number of nitrogens with zero attached hydrogens (tertiary/aromatic N) is 6. The predicted octanol–water partition coefficient (Wildman–Crippen LogP) is 2.46. The smallest absolute Gasteiger partial charge is 0.244 e. The Hall–Kier alpha value is -3.29. The van der Waals surface area contributed by atoms with E-state index in [0.717, 1.165) is 30.3 Å². The van der Waals surface area contributed by atoms with E-state index >= 15 is 0 Å². The van der Waals surface area contributed by atoms with Crippen molar-refractivity contribution in [3.63, 3.8) is 0 Å². The molecule has 7 nitrogen and oxygen atoms in total. The van der Waals surface area contributed by atoms with Crippen LogP contribution in [0.25, 0.3) is 0 Å². The van der Waals surface area contributed by atoms with Gasteiger partial charge in [-0.15, -0.1) is 0 Å². The number of aromatic nitrogens is 4. The van der Waals surface area contributed by atoms with Gasteiger partial charge in [0.25, 0.3) is 0 Å². The van der Waals surface area contributed by atoms with Crippen LogP contribution in [-0.2, 0) is 11.3 Å². The molecule has 5 rings (SSSR count). The lowest BCUT2D eigenvalue weighted by Gasteiger charge is -2.30. The summed E-state index contributed by atoms with van der Waals surface area (Å²) in [6, 6.07) is 10.2. The summed E-state index contributed by atoms with van der Waals surface area (Å²) < 4.78 is 15.7. The van der Waals surface area contributed by atoms with E-state index in [4.69, 9.17) is 0 Å². The van der Waals surface area contributed by atoms with Gasteiger partial charge < -0.3 is 9.80 Å². The number of hydrogen-bond acceptors (Lipinski definition) is 5. The highest BCUT2D eigenvalue weighted by molar-refractivity contribution is 5.77. The first kappa shape index (κ1) is 18.7. The number of aryl methyl sites for hydroxylation is 1. The summed E-state index contributed by atoms with van der Waals surface area (Å²) in [6.45, 7) is 4.30. The van der Waals surface area contributed by atoms with Gasteiger partial charge in [0.05, 0.1) is 6.04 Å². The van der Waals surface area contributed by atoms with E-state index in [-0.39, 0.29) is 30.2 Å². The first-order chi connectivity index (χ1) is 14.6. The Balaban J connectivity index is 1.44. The lowest BCUT2D eigenvalue weighted by atomic mass is 9.89. The third-order valence-corrected chi connectivity index (χ3v) is 6.12. The standard InChI is InChI=1S/C22H23FN6O/c1-15-24-8-6-20(26-15)27-11-17-12-29(21(30)14-28-9-3-7-25-28)22(19(17)13-27)16-4-2-5-18(23)10-16/h2-10,17,19,22H,11-14H2,1H3/t17-,19-,22+/m0/s1. The zero-order valence-corrected chi connectivity index (χ0v) is 16.7. The van der Waals surface area contributed by atoms with Gasteiger partial charge in [-0.25, -0.2) is 14.4 Å². The van der Waals surface area contributed by atoms with E-state index in [1.165, 1.54) is 6.07 Å². The Morgan fingerprint density at radius 1 is 1.17 bits per heavy atom. The fourth-order valence-corrected chi connectivity index (χ4v) is 4.85. The van der Waals surface area contributed by atoms with Crippen LogP contribution in [0.5, 0.6) is 0 Å². The molecule has 1 amide bonds. The second-order valence-corrected chi connectivity index (χ2v) is 8.04. The van der Waals surface area contributed by atoms with Gasteiger partial charge in [0.2, 0.25) is 5.91 Å². The van der Waals surface area contributed by atoms with Gasteiger partial charge in [0, 0.05) is 50.1 Å². The van der Waals surface area contributed by atoms with E-state index in [9.17, 15) is 9.18 Å². The van der Waals surface area contributed by atoms with Gasteiger partial charge in [-0.05, 0) is 36.8 Å². The molecule has 2 aliphatic heterocycles. The first-order valence-electron chi connectivity index (χ1n) is 10.2. The normalized spacial score (nSPS) is 23.1. The zero-order valence-electron chi connectivity index (χ0n) is 16.7. The van der Waals surface area contributed by atoms with E-state index in [1.54, 1.807) is 41.5 Å². The average molecular weight is 406 g/mol. The summed E-state index contributed by atoms with van der Waals surface area (Å²) in [5, 5.41) is 4.16. The predicted molar refractivity (Wildman–Crippen MR) is 109 cm³/mol. The van der Waals surface area contributed by atoms with Crippen molar-refractivity contribution in [3.05, 3.63) is 72.2 Å². The number of halogens is 1. The molecule has 0 unspecified atom stereocenters. The number of carbonyl (C=O) groups is 1. The lowest BCUT2D eigenvalue weighted by molar-refractivity contribution is -0.133. The molecule has 0 spiro atoms. The molecule has 0 N–H and O–H groups in total. The highest BCUT2D eigenvalue weighted by Gasteiger charge is 2.49. The van der Waals surface area contributed by atoms with Crippen molar-refractivity contribution in [2.24, 2.45) is 11.8 Å². The highest BCUT2D eigenvalue weighted by Crippen LogP contribution is 2.45. The maximum atomic E-state index is 14.0. The lowest BCUT2D eigenvalue weighted by Crippen LogP contribution is -2.37. The molecule has 0 saturated carbocycles. The quantitative estimate of drug-likeness (QED) is 0.666. The Morgan fingerprint density at radius 3 is 2.83 bits per heavy atom. The Labute approximate surface area is 174 Å². The van der Waals surface area contributed by atoms with Crippen LogP contribution in [0.2, 0.25) is 0 Å². The van der Waals surface area contributed by atoms with Gasteiger partial charge in [-0.2, -0.15) is 5.10 Å². The van der Waals surface area contributed by atoms with Crippen LogP contribution in [-0.4, -0.2) is 50.2 Å². The van der Waals surface area contributed by atoms with Crippen LogP contribution in [0.15, 0.2) is 55.0 Å². The van der Waals surface area contributed by atoms with Gasteiger partial charge in [0.1, 0.15) is 24.0 Å². The molecule has 8 heteroatoms. The van der Waals surface area contributed by atoms with Gasteiger partial charge in [-0.1, -0.05) is 12.1 Å². The van der Waals surface area contributed by atoms with Crippen LogP contribution in [0.4, 0.5) is 10.2 Å². The molecule has 0 radical (unpaired) electrons. The van der Waals surface area contributed by atoms with Crippen LogP contribution in [0.1, 0.15) is 17.4 Å². The van der Waals surface area contributed by atoms with Crippen molar-refractivity contribution in [2.75, 3.05) is 24.5 Å². The molecule has 3 aromatic rings. The number of likely N-dealkylation sites (tertiary alicyclic amines) is 1. The zero-order chi connectivity index (χ0) is 20.7. The molecule has 4 heterocycles. The van der Waals surface area contributed by atoms with Crippen molar-refractivity contribution in [1.82, 2.24) is 24.6 Å². The summed E-state index contributed by atoms with van der Waals surface area (Å²) in [7, 11) is 0. The summed E-state index contributed by atoms with van der Waals surface area (Å²) in [5.74, 6) is 1.88. The molecule has 1 aromatic carbocycles. The van der Waals surface area contributed by atoms with E-state index < -0.39 is 0 Å². The molecule has 2 aliphatic rings. The molecule has 2 aromatic heterocycles. The molecule has 0 bridgehead atoms. The molecule has 30 heavy (non-hydrogen) atoms. The molecule has 2 saturated heterocycles. The molecule has 154 valence electrons. The number of amides is 1. The SMILES string of the molecule is Cc1nccc(N2C[C@H]3CN(C(=O)Cn4cccn4)[C@H](c4cccc(F)c4)[C@H]3C2)n1. The van der Waals surface area contributed by atoms with Crippen molar-refractivity contribution < 1.29 is 9.18 Å². The molecule has 2 fully saturated rings. The van der Waals surface area contributed by atoms with E-state index in [1.807, 2.05) is 24.0 Å². The summed E-state index contributed by atoms with van der Waals surface area (Å²) in [6.07, 6.45) is 5.22. The van der Waals surface area contributed by atoms with Crippen LogP contribution >= 0.6 is 0 Å². The van der Waals surface area contributed by atoms with Crippen molar-refractivity contribution in [3.8, 4) is 0 Å². The van der Waals surface area contributed by atoms with Crippen molar-refractivity contribution >= 4 is 11.7 Å². The third kappa shape index (κ3) is 3.42. The topological polar surface area (TPSA) is 67.2 Å². The van der Waals surface area contributed by atoms with Gasteiger partial charge in [-0.3, -0.25) is 9.48 Å². The minimum atomic E-state index is -0.281. The molecular weight excluding hydrogens is 383 g/mol. The van der Waals surface area contributed by atoms with Gasteiger partial charge in [0.15, 0.2) is 0 Å². The number of rotatable bonds is 4. The molecular formula is C22H23FN6O. The number of anilines is 1. The fraction of sp³-hybridized carbons (Fsp3) is 0.364. The minimum absolute atomic E-state index is 0.00629. The summed E-state index contributed by atoms with van der Waals surface area (Å²) in [4.78, 5) is 26.1.